The number of aromatic nitrogens is 2. The van der Waals surface area contributed by atoms with E-state index >= 15 is 0 Å². The minimum atomic E-state index is -0.946. The summed E-state index contributed by atoms with van der Waals surface area (Å²) in [4.78, 5) is 25.7. The number of nitrogens with zero attached hydrogens (tertiary/aromatic N) is 3. The second-order valence-corrected chi connectivity index (χ2v) is 5.51. The molecule has 1 atom stereocenters. The molecule has 25 heavy (non-hydrogen) atoms. The number of imidazole rings is 1. The van der Waals surface area contributed by atoms with Crippen molar-refractivity contribution < 1.29 is 24.3 Å². The molecule has 0 saturated carbocycles. The average molecular weight is 349 g/mol. The Morgan fingerprint density at radius 1 is 1.44 bits per heavy atom. The van der Waals surface area contributed by atoms with Crippen molar-refractivity contribution in [3.8, 4) is 5.75 Å². The fraction of sp³-hybridized carbons (Fsp3) is 0.375. The van der Waals surface area contributed by atoms with Crippen LogP contribution in [0.5, 0.6) is 5.75 Å². The minimum Gasteiger partial charge on any atom is -0.490 e. The molecule has 0 aliphatic rings. The summed E-state index contributed by atoms with van der Waals surface area (Å²) in [6.07, 6.45) is 0.309. The number of aliphatic hydroxyl groups excluding tert-OH is 1. The van der Waals surface area contributed by atoms with E-state index in [1.54, 1.807) is 25.1 Å². The zero-order valence-corrected chi connectivity index (χ0v) is 14.1. The summed E-state index contributed by atoms with van der Waals surface area (Å²) in [5, 5.41) is 20.9. The van der Waals surface area contributed by atoms with Gasteiger partial charge in [0.1, 0.15) is 30.2 Å². The van der Waals surface area contributed by atoms with E-state index in [1.165, 1.54) is 17.9 Å². The molecule has 0 aliphatic heterocycles. The van der Waals surface area contributed by atoms with Gasteiger partial charge in [0.15, 0.2) is 0 Å². The molecule has 0 bridgehead atoms. The highest BCUT2D eigenvalue weighted by atomic mass is 16.6. The number of esters is 1. The van der Waals surface area contributed by atoms with Crippen molar-refractivity contribution in [3.63, 3.8) is 0 Å². The van der Waals surface area contributed by atoms with Crippen molar-refractivity contribution in [3.05, 3.63) is 51.5 Å². The molecular formula is C16H19N3O6. The number of carbonyl (C=O) groups excluding carboxylic acids is 1. The summed E-state index contributed by atoms with van der Waals surface area (Å²) in [5.41, 5.74) is 1.15. The summed E-state index contributed by atoms with van der Waals surface area (Å²) in [5.74, 6) is -0.0985. The fourth-order valence-corrected chi connectivity index (χ4v) is 2.26. The molecule has 134 valence electrons. The Kier molecular flexibility index (Phi) is 5.71. The van der Waals surface area contributed by atoms with Gasteiger partial charge in [-0.2, -0.15) is 0 Å². The third-order valence-electron chi connectivity index (χ3n) is 3.53. The minimum absolute atomic E-state index is 0.0754. The van der Waals surface area contributed by atoms with Crippen LogP contribution < -0.4 is 4.74 Å². The van der Waals surface area contributed by atoms with E-state index in [9.17, 15) is 20.0 Å². The molecule has 0 aliphatic carbocycles. The number of nitro groups is 1. The van der Waals surface area contributed by atoms with Crippen LogP contribution in [0.3, 0.4) is 0 Å². The van der Waals surface area contributed by atoms with Crippen molar-refractivity contribution in [2.45, 2.75) is 26.5 Å². The van der Waals surface area contributed by atoms with Gasteiger partial charge in [-0.1, -0.05) is 6.07 Å². The van der Waals surface area contributed by atoms with Crippen LogP contribution in [0.25, 0.3) is 0 Å². The first kappa shape index (κ1) is 18.4. The van der Waals surface area contributed by atoms with E-state index in [0.717, 1.165) is 5.56 Å². The molecular weight excluding hydrogens is 330 g/mol. The first-order valence-corrected chi connectivity index (χ1v) is 7.49. The number of carbonyl (C=O) groups is 1. The van der Waals surface area contributed by atoms with E-state index < -0.39 is 17.0 Å². The van der Waals surface area contributed by atoms with Gasteiger partial charge in [-0.15, -0.1) is 0 Å². The molecule has 1 aromatic carbocycles. The van der Waals surface area contributed by atoms with Crippen LogP contribution in [-0.4, -0.2) is 45.4 Å². The maximum Gasteiger partial charge on any atom is 0.381 e. The molecule has 1 heterocycles. The topological polar surface area (TPSA) is 117 Å². The fourth-order valence-electron chi connectivity index (χ4n) is 2.26. The van der Waals surface area contributed by atoms with E-state index in [1.807, 2.05) is 6.92 Å². The highest BCUT2D eigenvalue weighted by molar-refractivity contribution is 5.92. The van der Waals surface area contributed by atoms with Gasteiger partial charge in [-0.3, -0.25) is 0 Å². The molecule has 9 nitrogen and oxygen atoms in total. The summed E-state index contributed by atoms with van der Waals surface area (Å²) in [6, 6.07) is 5.02. The summed E-state index contributed by atoms with van der Waals surface area (Å²) < 4.78 is 11.7. The van der Waals surface area contributed by atoms with Crippen LogP contribution in [0.2, 0.25) is 0 Å². The predicted molar refractivity (Wildman–Crippen MR) is 87.6 cm³/mol. The summed E-state index contributed by atoms with van der Waals surface area (Å²) in [6.45, 7) is 3.43. The average Bonchev–Trinajstić information content (AvgIpc) is 2.93. The van der Waals surface area contributed by atoms with Gasteiger partial charge in [0.25, 0.3) is 0 Å². The van der Waals surface area contributed by atoms with Gasteiger partial charge >= 0.3 is 11.8 Å². The van der Waals surface area contributed by atoms with Gasteiger partial charge in [-0.25, -0.2) is 4.79 Å². The Labute approximate surface area is 144 Å². The van der Waals surface area contributed by atoms with Crippen LogP contribution in [0, 0.1) is 24.0 Å². The van der Waals surface area contributed by atoms with Gasteiger partial charge in [-0.05, 0) is 34.5 Å². The Morgan fingerprint density at radius 3 is 2.76 bits per heavy atom. The number of aryl methyl sites for hydroxylation is 2. The lowest BCUT2D eigenvalue weighted by Crippen LogP contribution is -2.24. The number of hydrogen-bond donors (Lipinski definition) is 1. The van der Waals surface area contributed by atoms with Crippen LogP contribution in [0.4, 0.5) is 5.82 Å². The normalized spacial score (nSPS) is 11.8. The van der Waals surface area contributed by atoms with Crippen LogP contribution in [0.15, 0.2) is 24.4 Å². The first-order chi connectivity index (χ1) is 11.8. The lowest BCUT2D eigenvalue weighted by atomic mass is 10.1. The maximum absolute atomic E-state index is 11.8. The smallest absolute Gasteiger partial charge is 0.381 e. The molecule has 0 amide bonds. The molecule has 0 fully saturated rings. The van der Waals surface area contributed by atoms with Crippen molar-refractivity contribution in [1.82, 2.24) is 9.55 Å². The molecule has 1 aromatic heterocycles. The number of ether oxygens (including phenoxy) is 2. The molecule has 0 spiro atoms. The van der Waals surface area contributed by atoms with E-state index in [-0.39, 0.29) is 24.5 Å². The first-order valence-electron chi connectivity index (χ1n) is 7.49. The van der Waals surface area contributed by atoms with Crippen molar-refractivity contribution in [2.75, 3.05) is 13.7 Å². The lowest BCUT2D eigenvalue weighted by molar-refractivity contribution is -0.389. The Morgan fingerprint density at radius 2 is 2.16 bits per heavy atom. The van der Waals surface area contributed by atoms with Gasteiger partial charge in [0.2, 0.25) is 5.82 Å². The molecule has 9 heteroatoms. The van der Waals surface area contributed by atoms with E-state index in [0.29, 0.717) is 11.6 Å². The number of aliphatic hydroxyl groups is 1. The Balaban J connectivity index is 2.05. The molecule has 2 rings (SSSR count). The zero-order chi connectivity index (χ0) is 18.6. The van der Waals surface area contributed by atoms with Crippen LogP contribution in [0.1, 0.15) is 21.7 Å². The van der Waals surface area contributed by atoms with Gasteiger partial charge in [0, 0.05) is 6.92 Å². The van der Waals surface area contributed by atoms with Gasteiger partial charge < -0.3 is 29.3 Å². The maximum atomic E-state index is 11.8. The number of benzene rings is 1. The Hall–Kier alpha value is -2.94. The standard InChI is InChI=1S/C16H19N3O6/c1-10-4-5-13(16(21)24-3)14(6-10)25-9-12(20)7-18-8-15(19(22)23)17-11(18)2/h4-6,8,12,20H,7,9H2,1-3H3. The van der Waals surface area contributed by atoms with Crippen molar-refractivity contribution >= 4 is 11.8 Å². The van der Waals surface area contributed by atoms with Gasteiger partial charge in [0.05, 0.1) is 13.7 Å². The third-order valence-corrected chi connectivity index (χ3v) is 3.53. The van der Waals surface area contributed by atoms with Crippen LogP contribution >= 0.6 is 0 Å². The Bertz CT molecular complexity index is 786. The summed E-state index contributed by atoms with van der Waals surface area (Å²) in [7, 11) is 1.27. The van der Waals surface area contributed by atoms with Crippen molar-refractivity contribution in [1.29, 1.82) is 0 Å². The van der Waals surface area contributed by atoms with Crippen molar-refractivity contribution in [2.24, 2.45) is 0 Å². The molecule has 1 unspecified atom stereocenters. The highest BCUT2D eigenvalue weighted by Gasteiger charge is 2.19. The van der Waals surface area contributed by atoms with E-state index in [4.69, 9.17) is 9.47 Å². The quantitative estimate of drug-likeness (QED) is 0.459. The molecule has 0 radical (unpaired) electrons. The monoisotopic (exact) mass is 349 g/mol. The summed E-state index contributed by atoms with van der Waals surface area (Å²) >= 11 is 0. The second-order valence-electron chi connectivity index (χ2n) is 5.51. The highest BCUT2D eigenvalue weighted by Crippen LogP contribution is 2.21. The predicted octanol–water partition coefficient (Wildman–Crippen LogP) is 1.63. The van der Waals surface area contributed by atoms with E-state index in [2.05, 4.69) is 4.98 Å². The van der Waals surface area contributed by atoms with Crippen LogP contribution in [-0.2, 0) is 11.3 Å². The lowest BCUT2D eigenvalue weighted by Gasteiger charge is -2.15. The third kappa shape index (κ3) is 4.54. The molecule has 1 N–H and O–H groups in total. The second kappa shape index (κ2) is 7.75. The SMILES string of the molecule is COC(=O)c1ccc(C)cc1OCC(O)Cn1cc([N+](=O)[O-])nc1C. The molecule has 2 aromatic rings. The number of rotatable bonds is 7. The number of hydrogen-bond acceptors (Lipinski definition) is 7. The number of methoxy groups -OCH3 is 1. The zero-order valence-electron chi connectivity index (χ0n) is 14.1. The molecule has 0 saturated heterocycles. The largest absolute Gasteiger partial charge is 0.490 e.